The molecule has 2 N–H and O–H groups in total. The lowest BCUT2D eigenvalue weighted by Crippen LogP contribution is -2.33. The zero-order chi connectivity index (χ0) is 11.4. The lowest BCUT2D eigenvalue weighted by atomic mass is 10.2. The SMILES string of the molecule is CCSC1CCC(NC(=O)c2ncn[nH]2)C1. The summed E-state index contributed by atoms with van der Waals surface area (Å²) in [6, 6.07) is 0.293. The Bertz CT molecular complexity index is 341. The Kier molecular flexibility index (Phi) is 3.82. The monoisotopic (exact) mass is 240 g/mol. The molecule has 16 heavy (non-hydrogen) atoms. The summed E-state index contributed by atoms with van der Waals surface area (Å²) in [5.74, 6) is 1.30. The average Bonchev–Trinajstić information content (AvgIpc) is 2.89. The number of carbonyl (C=O) groups excluding carboxylic acids is 1. The maximum atomic E-state index is 11.7. The molecule has 0 saturated heterocycles. The topological polar surface area (TPSA) is 70.7 Å². The van der Waals surface area contributed by atoms with E-state index in [0.717, 1.165) is 18.6 Å². The summed E-state index contributed by atoms with van der Waals surface area (Å²) in [4.78, 5) is 15.5. The molecular formula is C10H16N4OS. The van der Waals surface area contributed by atoms with E-state index in [9.17, 15) is 4.79 Å². The summed E-state index contributed by atoms with van der Waals surface area (Å²) in [5.41, 5.74) is 0. The van der Waals surface area contributed by atoms with Crippen LogP contribution in [0, 0.1) is 0 Å². The van der Waals surface area contributed by atoms with Gasteiger partial charge in [-0.2, -0.15) is 16.9 Å². The van der Waals surface area contributed by atoms with E-state index in [2.05, 4.69) is 27.4 Å². The molecule has 1 amide bonds. The van der Waals surface area contributed by atoms with Gasteiger partial charge in [-0.05, 0) is 25.0 Å². The van der Waals surface area contributed by atoms with Crippen molar-refractivity contribution in [2.75, 3.05) is 5.75 Å². The van der Waals surface area contributed by atoms with Gasteiger partial charge in [-0.1, -0.05) is 6.92 Å². The molecule has 0 radical (unpaired) electrons. The summed E-state index contributed by atoms with van der Waals surface area (Å²) >= 11 is 1.98. The first-order valence-corrected chi connectivity index (χ1v) is 6.62. The van der Waals surface area contributed by atoms with Crippen LogP contribution in [0.15, 0.2) is 6.33 Å². The summed E-state index contributed by atoms with van der Waals surface area (Å²) in [6.07, 6.45) is 4.68. The molecule has 1 saturated carbocycles. The molecule has 1 heterocycles. The van der Waals surface area contributed by atoms with E-state index < -0.39 is 0 Å². The Hall–Kier alpha value is -1.04. The minimum absolute atomic E-state index is 0.148. The number of nitrogens with one attached hydrogen (secondary N) is 2. The number of hydrogen-bond donors (Lipinski definition) is 2. The Labute approximate surface area is 98.8 Å². The molecule has 5 nitrogen and oxygen atoms in total. The van der Waals surface area contributed by atoms with Gasteiger partial charge in [0.05, 0.1) is 0 Å². The third-order valence-corrected chi connectivity index (χ3v) is 3.99. The van der Waals surface area contributed by atoms with Gasteiger partial charge in [-0.3, -0.25) is 9.89 Å². The van der Waals surface area contributed by atoms with Crippen LogP contribution < -0.4 is 5.32 Å². The minimum Gasteiger partial charge on any atom is -0.347 e. The van der Waals surface area contributed by atoms with Crippen molar-refractivity contribution in [2.45, 2.75) is 37.5 Å². The highest BCUT2D eigenvalue weighted by Crippen LogP contribution is 2.29. The fourth-order valence-electron chi connectivity index (χ4n) is 2.03. The number of nitrogens with zero attached hydrogens (tertiary/aromatic N) is 2. The van der Waals surface area contributed by atoms with Crippen LogP contribution in [0.3, 0.4) is 0 Å². The number of thioether (sulfide) groups is 1. The Balaban J connectivity index is 1.81. The van der Waals surface area contributed by atoms with Crippen LogP contribution in [0.5, 0.6) is 0 Å². The standard InChI is InChI=1S/C10H16N4OS/c1-2-16-8-4-3-7(5-8)13-10(15)9-11-6-12-14-9/h6-8H,2-5H2,1H3,(H,13,15)(H,11,12,14). The molecule has 0 spiro atoms. The van der Waals surface area contributed by atoms with Gasteiger partial charge in [-0.15, -0.1) is 0 Å². The lowest BCUT2D eigenvalue weighted by molar-refractivity contribution is 0.0928. The molecule has 1 aromatic heterocycles. The summed E-state index contributed by atoms with van der Waals surface area (Å²) in [6.45, 7) is 2.17. The third-order valence-electron chi connectivity index (χ3n) is 2.75. The van der Waals surface area contributed by atoms with Crippen molar-refractivity contribution in [1.82, 2.24) is 20.5 Å². The van der Waals surface area contributed by atoms with Gasteiger partial charge in [0.15, 0.2) is 0 Å². The smallest absolute Gasteiger partial charge is 0.288 e. The van der Waals surface area contributed by atoms with E-state index in [0.29, 0.717) is 17.1 Å². The van der Waals surface area contributed by atoms with Gasteiger partial charge in [0.2, 0.25) is 5.82 Å². The van der Waals surface area contributed by atoms with Crippen molar-refractivity contribution < 1.29 is 4.79 Å². The molecule has 1 aliphatic carbocycles. The van der Waals surface area contributed by atoms with Gasteiger partial charge < -0.3 is 5.32 Å². The van der Waals surface area contributed by atoms with Gasteiger partial charge in [0.25, 0.3) is 5.91 Å². The number of amides is 1. The lowest BCUT2D eigenvalue weighted by Gasteiger charge is -2.11. The Morgan fingerprint density at radius 3 is 3.25 bits per heavy atom. The number of carbonyl (C=O) groups is 1. The first kappa shape index (κ1) is 11.4. The predicted octanol–water partition coefficient (Wildman–Crippen LogP) is 1.21. The van der Waals surface area contributed by atoms with Crippen molar-refractivity contribution in [1.29, 1.82) is 0 Å². The molecule has 0 aromatic carbocycles. The van der Waals surface area contributed by atoms with Crippen LogP contribution in [-0.4, -0.2) is 38.1 Å². The molecule has 2 rings (SSSR count). The third kappa shape index (κ3) is 2.75. The summed E-state index contributed by atoms with van der Waals surface area (Å²) in [7, 11) is 0. The van der Waals surface area contributed by atoms with Crippen LogP contribution in [0.4, 0.5) is 0 Å². The highest BCUT2D eigenvalue weighted by Gasteiger charge is 2.26. The van der Waals surface area contributed by atoms with Gasteiger partial charge in [0, 0.05) is 11.3 Å². The molecule has 2 atom stereocenters. The van der Waals surface area contributed by atoms with Gasteiger partial charge >= 0.3 is 0 Å². The second kappa shape index (κ2) is 5.34. The molecular weight excluding hydrogens is 224 g/mol. The molecule has 1 fully saturated rings. The first-order valence-electron chi connectivity index (χ1n) is 5.57. The average molecular weight is 240 g/mol. The molecule has 1 aromatic rings. The molecule has 1 aliphatic rings. The van der Waals surface area contributed by atoms with E-state index in [1.807, 2.05) is 11.8 Å². The number of aromatic amines is 1. The van der Waals surface area contributed by atoms with E-state index in [-0.39, 0.29) is 5.91 Å². The Morgan fingerprint density at radius 1 is 1.69 bits per heavy atom. The van der Waals surface area contributed by atoms with Crippen LogP contribution in [0.1, 0.15) is 36.8 Å². The zero-order valence-electron chi connectivity index (χ0n) is 9.27. The maximum Gasteiger partial charge on any atom is 0.288 e. The van der Waals surface area contributed by atoms with Crippen LogP contribution in [-0.2, 0) is 0 Å². The van der Waals surface area contributed by atoms with E-state index >= 15 is 0 Å². The molecule has 2 unspecified atom stereocenters. The quantitative estimate of drug-likeness (QED) is 0.830. The van der Waals surface area contributed by atoms with Crippen molar-refractivity contribution in [3.05, 3.63) is 12.2 Å². The summed E-state index contributed by atoms with van der Waals surface area (Å²) in [5, 5.41) is 9.91. The van der Waals surface area contributed by atoms with Crippen LogP contribution in [0.25, 0.3) is 0 Å². The van der Waals surface area contributed by atoms with Crippen molar-refractivity contribution >= 4 is 17.7 Å². The molecule has 88 valence electrons. The highest BCUT2D eigenvalue weighted by atomic mass is 32.2. The van der Waals surface area contributed by atoms with Crippen molar-refractivity contribution in [2.24, 2.45) is 0 Å². The van der Waals surface area contributed by atoms with Crippen molar-refractivity contribution in [3.63, 3.8) is 0 Å². The number of rotatable bonds is 4. The van der Waals surface area contributed by atoms with Crippen LogP contribution in [0.2, 0.25) is 0 Å². The minimum atomic E-state index is -0.148. The normalized spacial score (nSPS) is 24.6. The summed E-state index contributed by atoms with van der Waals surface area (Å²) < 4.78 is 0. The Morgan fingerprint density at radius 2 is 2.56 bits per heavy atom. The molecule has 6 heteroatoms. The first-order chi connectivity index (χ1) is 7.79. The largest absolute Gasteiger partial charge is 0.347 e. The number of H-pyrrole nitrogens is 1. The van der Waals surface area contributed by atoms with E-state index in [4.69, 9.17) is 0 Å². The van der Waals surface area contributed by atoms with Crippen LogP contribution >= 0.6 is 11.8 Å². The van der Waals surface area contributed by atoms with E-state index in [1.165, 1.54) is 12.7 Å². The number of hydrogen-bond acceptors (Lipinski definition) is 4. The predicted molar refractivity (Wildman–Crippen MR) is 63.4 cm³/mol. The highest BCUT2D eigenvalue weighted by molar-refractivity contribution is 7.99. The van der Waals surface area contributed by atoms with E-state index in [1.54, 1.807) is 0 Å². The van der Waals surface area contributed by atoms with Gasteiger partial charge in [0.1, 0.15) is 6.33 Å². The fourth-order valence-corrected chi connectivity index (χ4v) is 3.17. The molecule has 0 bridgehead atoms. The van der Waals surface area contributed by atoms with Crippen molar-refractivity contribution in [3.8, 4) is 0 Å². The number of aromatic nitrogens is 3. The second-order valence-corrected chi connectivity index (χ2v) is 5.47. The van der Waals surface area contributed by atoms with Gasteiger partial charge in [-0.25, -0.2) is 4.98 Å². The maximum absolute atomic E-state index is 11.7. The zero-order valence-corrected chi connectivity index (χ0v) is 10.1. The second-order valence-electron chi connectivity index (χ2n) is 3.89. The fraction of sp³-hybridized carbons (Fsp3) is 0.700. The molecule has 0 aliphatic heterocycles.